The zero-order valence-electron chi connectivity index (χ0n) is 8.54. The molecule has 0 spiro atoms. The molecule has 1 atom stereocenters. The van der Waals surface area contributed by atoms with Crippen molar-refractivity contribution >= 4 is 12.1 Å². The Morgan fingerprint density at radius 2 is 1.94 bits per heavy atom. The first-order valence-corrected chi connectivity index (χ1v) is 4.43. The van der Waals surface area contributed by atoms with Crippen molar-refractivity contribution in [1.82, 2.24) is 5.32 Å². The molecule has 16 heavy (non-hydrogen) atoms. The normalized spacial score (nSPS) is 11.4. The number of hydrogen-bond acceptors (Lipinski definition) is 5. The molecule has 1 amide bonds. The fraction of sp³-hybridized carbons (Fsp3) is 0.200. The Labute approximate surface area is 91.7 Å². The highest BCUT2D eigenvalue weighted by Gasteiger charge is 2.24. The number of nitrogens with one attached hydrogen (secondary N) is 1. The monoisotopic (exact) mass is 225 g/mol. The van der Waals surface area contributed by atoms with Crippen molar-refractivity contribution in [1.29, 1.82) is 0 Å². The number of rotatable bonds is 3. The van der Waals surface area contributed by atoms with E-state index in [1.54, 1.807) is 30.3 Å². The number of carbonyl (C=O) groups is 2. The first-order valence-electron chi connectivity index (χ1n) is 4.43. The van der Waals surface area contributed by atoms with Gasteiger partial charge in [-0.1, -0.05) is 30.3 Å². The summed E-state index contributed by atoms with van der Waals surface area (Å²) in [6.07, 6.45) is -0.792. The average molecular weight is 225 g/mol. The molecule has 0 aliphatic heterocycles. The lowest BCUT2D eigenvalue weighted by Crippen LogP contribution is -2.34. The van der Waals surface area contributed by atoms with Gasteiger partial charge in [-0.25, -0.2) is 9.59 Å². The van der Waals surface area contributed by atoms with Gasteiger partial charge < -0.3 is 10.1 Å². The number of benzene rings is 1. The fourth-order valence-corrected chi connectivity index (χ4v) is 1.15. The van der Waals surface area contributed by atoms with Crippen LogP contribution in [0.5, 0.6) is 0 Å². The van der Waals surface area contributed by atoms with Crippen molar-refractivity contribution in [3.8, 4) is 0 Å². The van der Waals surface area contributed by atoms with E-state index in [-0.39, 0.29) is 0 Å². The summed E-state index contributed by atoms with van der Waals surface area (Å²) in [7, 11) is 1.17. The highest BCUT2D eigenvalue weighted by Crippen LogP contribution is 2.13. The topological polar surface area (TPSA) is 84.9 Å². The Hall–Kier alpha value is -2.08. The predicted octanol–water partition coefficient (Wildman–Crippen LogP) is 1.10. The third kappa shape index (κ3) is 2.96. The molecule has 0 fully saturated rings. The van der Waals surface area contributed by atoms with Crippen LogP contribution in [0.3, 0.4) is 0 Å². The van der Waals surface area contributed by atoms with E-state index >= 15 is 0 Å². The van der Waals surface area contributed by atoms with Crippen molar-refractivity contribution in [2.75, 3.05) is 7.11 Å². The maximum Gasteiger partial charge on any atom is 0.407 e. The van der Waals surface area contributed by atoms with Gasteiger partial charge in [0.2, 0.25) is 0 Å². The molecule has 0 aliphatic rings. The highest BCUT2D eigenvalue weighted by molar-refractivity contribution is 5.82. The van der Waals surface area contributed by atoms with Crippen LogP contribution in [0.1, 0.15) is 11.6 Å². The lowest BCUT2D eigenvalue weighted by Gasteiger charge is -2.14. The van der Waals surface area contributed by atoms with Crippen molar-refractivity contribution in [2.45, 2.75) is 6.04 Å². The Bertz CT molecular complexity index is 365. The second-order valence-electron chi connectivity index (χ2n) is 2.89. The molecule has 0 saturated heterocycles. The summed E-state index contributed by atoms with van der Waals surface area (Å²) in [6, 6.07) is 7.24. The fourth-order valence-electron chi connectivity index (χ4n) is 1.15. The van der Waals surface area contributed by atoms with Crippen molar-refractivity contribution in [3.63, 3.8) is 0 Å². The Balaban J connectivity index is 2.88. The third-order valence-electron chi connectivity index (χ3n) is 1.91. The number of amides is 1. The number of hydrogen-bond donors (Lipinski definition) is 2. The van der Waals surface area contributed by atoms with Gasteiger partial charge in [-0.2, -0.15) is 5.26 Å². The second-order valence-corrected chi connectivity index (χ2v) is 2.89. The van der Waals surface area contributed by atoms with Crippen molar-refractivity contribution in [3.05, 3.63) is 35.9 Å². The van der Waals surface area contributed by atoms with Crippen LogP contribution in [-0.4, -0.2) is 24.4 Å². The largest absolute Gasteiger partial charge is 0.453 e. The number of ether oxygens (including phenoxy) is 1. The molecule has 1 aromatic rings. The standard InChI is InChI=1S/C10H11NO5/c1-15-10(13)11-8(9(12)16-14)7-5-3-2-4-6-7/h2-6,8,14H,1H3,(H,11,13)/t8-/m1/s1. The van der Waals surface area contributed by atoms with E-state index in [0.29, 0.717) is 5.56 Å². The van der Waals surface area contributed by atoms with E-state index in [9.17, 15) is 9.59 Å². The minimum Gasteiger partial charge on any atom is -0.453 e. The van der Waals surface area contributed by atoms with Gasteiger partial charge in [-0.3, -0.25) is 4.89 Å². The van der Waals surface area contributed by atoms with Crippen LogP contribution in [0, 0.1) is 0 Å². The minimum absolute atomic E-state index is 0.479. The summed E-state index contributed by atoms with van der Waals surface area (Å²) in [4.78, 5) is 25.8. The molecule has 0 bridgehead atoms. The zero-order chi connectivity index (χ0) is 12.0. The van der Waals surface area contributed by atoms with Gasteiger partial charge in [0.15, 0.2) is 6.04 Å². The summed E-state index contributed by atoms with van der Waals surface area (Å²) >= 11 is 0. The molecule has 0 heterocycles. The SMILES string of the molecule is COC(=O)N[C@@H](C(=O)OO)c1ccccc1. The van der Waals surface area contributed by atoms with Gasteiger partial charge in [-0.15, -0.1) is 0 Å². The van der Waals surface area contributed by atoms with Crippen LogP contribution in [0.4, 0.5) is 4.79 Å². The summed E-state index contributed by atoms with van der Waals surface area (Å²) in [5.74, 6) is -0.989. The van der Waals surface area contributed by atoms with Gasteiger partial charge in [0, 0.05) is 0 Å². The molecule has 1 aromatic carbocycles. The molecule has 0 radical (unpaired) electrons. The van der Waals surface area contributed by atoms with Crippen molar-refractivity contribution < 1.29 is 24.5 Å². The number of carbonyl (C=O) groups excluding carboxylic acids is 2. The van der Waals surface area contributed by atoms with Gasteiger partial charge in [0.1, 0.15) is 0 Å². The van der Waals surface area contributed by atoms with E-state index in [4.69, 9.17) is 5.26 Å². The molecule has 1 rings (SSSR count). The third-order valence-corrected chi connectivity index (χ3v) is 1.91. The smallest absolute Gasteiger partial charge is 0.407 e. The number of methoxy groups -OCH3 is 1. The molecule has 86 valence electrons. The molecule has 6 heteroatoms. The second kappa shape index (κ2) is 5.72. The van der Waals surface area contributed by atoms with Gasteiger partial charge >= 0.3 is 12.1 Å². The van der Waals surface area contributed by atoms with Crippen molar-refractivity contribution in [2.24, 2.45) is 0 Å². The molecule has 2 N–H and O–H groups in total. The van der Waals surface area contributed by atoms with E-state index in [1.165, 1.54) is 7.11 Å². The first kappa shape index (κ1) is 12.0. The average Bonchev–Trinajstić information content (AvgIpc) is 2.35. The summed E-state index contributed by atoms with van der Waals surface area (Å²) in [6.45, 7) is 0. The van der Waals surface area contributed by atoms with Crippen LogP contribution in [0.2, 0.25) is 0 Å². The number of alkyl carbamates (subject to hydrolysis) is 1. The van der Waals surface area contributed by atoms with E-state index in [1.807, 2.05) is 0 Å². The van der Waals surface area contributed by atoms with Crippen LogP contribution in [-0.2, 0) is 14.4 Å². The summed E-state index contributed by atoms with van der Waals surface area (Å²) in [5, 5.41) is 10.5. The van der Waals surface area contributed by atoms with Crippen LogP contribution >= 0.6 is 0 Å². The van der Waals surface area contributed by atoms with Gasteiger partial charge in [0.25, 0.3) is 0 Å². The first-order chi connectivity index (χ1) is 7.69. The summed E-state index contributed by atoms with van der Waals surface area (Å²) < 4.78 is 4.36. The van der Waals surface area contributed by atoms with Crippen LogP contribution in [0.25, 0.3) is 0 Å². The predicted molar refractivity (Wildman–Crippen MR) is 53.4 cm³/mol. The molecular weight excluding hydrogens is 214 g/mol. The molecule has 0 unspecified atom stereocenters. The minimum atomic E-state index is -1.10. The molecule has 0 saturated carbocycles. The maximum absolute atomic E-state index is 11.2. The Kier molecular flexibility index (Phi) is 4.28. The van der Waals surface area contributed by atoms with E-state index < -0.39 is 18.1 Å². The molecule has 0 aromatic heterocycles. The van der Waals surface area contributed by atoms with E-state index in [0.717, 1.165) is 0 Å². The van der Waals surface area contributed by atoms with Crippen LogP contribution < -0.4 is 5.32 Å². The zero-order valence-corrected chi connectivity index (χ0v) is 8.54. The summed E-state index contributed by atoms with van der Waals surface area (Å²) in [5.41, 5.74) is 0.479. The van der Waals surface area contributed by atoms with E-state index in [2.05, 4.69) is 14.9 Å². The van der Waals surface area contributed by atoms with Gasteiger partial charge in [0.05, 0.1) is 7.11 Å². The lowest BCUT2D eigenvalue weighted by atomic mass is 10.1. The molecule has 6 nitrogen and oxygen atoms in total. The maximum atomic E-state index is 11.2. The lowest BCUT2D eigenvalue weighted by molar-refractivity contribution is -0.236. The van der Waals surface area contributed by atoms with Crippen LogP contribution in [0.15, 0.2) is 30.3 Å². The Morgan fingerprint density at radius 3 is 2.44 bits per heavy atom. The van der Waals surface area contributed by atoms with Gasteiger partial charge in [-0.05, 0) is 5.56 Å². The molecular formula is C10H11NO5. The highest BCUT2D eigenvalue weighted by atomic mass is 17.1. The quantitative estimate of drug-likeness (QED) is 0.594. The molecule has 0 aliphatic carbocycles. The Morgan fingerprint density at radius 1 is 1.31 bits per heavy atom.